The van der Waals surface area contributed by atoms with Gasteiger partial charge in [-0.1, -0.05) is 17.3 Å². The third kappa shape index (κ3) is 3.62. The fourth-order valence-corrected chi connectivity index (χ4v) is 1.50. The van der Waals surface area contributed by atoms with Crippen LogP contribution in [0.15, 0.2) is 47.6 Å². The van der Waals surface area contributed by atoms with Crippen LogP contribution in [0.5, 0.6) is 0 Å². The van der Waals surface area contributed by atoms with Crippen LogP contribution in [-0.4, -0.2) is 6.21 Å². The molecule has 100 valence electrons. The Hall–Kier alpha value is -2.74. The van der Waals surface area contributed by atoms with Crippen LogP contribution < -0.4 is 0 Å². The van der Waals surface area contributed by atoms with Gasteiger partial charge in [0.25, 0.3) is 0 Å². The maximum absolute atomic E-state index is 13.3. The Morgan fingerprint density at radius 3 is 2.60 bits per heavy atom. The molecule has 0 heterocycles. The highest BCUT2D eigenvalue weighted by atomic mass is 19.1. The first-order valence-corrected chi connectivity index (χ1v) is 5.78. The predicted octanol–water partition coefficient (Wildman–Crippen LogP) is 3.39. The van der Waals surface area contributed by atoms with Crippen LogP contribution >= 0.6 is 0 Å². The van der Waals surface area contributed by atoms with E-state index in [0.29, 0.717) is 5.56 Å². The average Bonchev–Trinajstić information content (AvgIpc) is 2.47. The summed E-state index contributed by atoms with van der Waals surface area (Å²) in [5.41, 5.74) is 1.38. The van der Waals surface area contributed by atoms with Crippen LogP contribution in [0.1, 0.15) is 16.7 Å². The smallest absolute Gasteiger partial charge is 0.145 e. The summed E-state index contributed by atoms with van der Waals surface area (Å²) in [6.45, 7) is -0.156. The van der Waals surface area contributed by atoms with Crippen molar-refractivity contribution in [2.45, 2.75) is 6.61 Å². The van der Waals surface area contributed by atoms with Crippen molar-refractivity contribution < 1.29 is 13.6 Å². The number of hydrogen-bond donors (Lipinski definition) is 0. The van der Waals surface area contributed by atoms with Gasteiger partial charge in [-0.2, -0.15) is 5.26 Å². The molecule has 2 aromatic rings. The first kappa shape index (κ1) is 13.7. The second-order valence-electron chi connectivity index (χ2n) is 3.98. The van der Waals surface area contributed by atoms with Crippen molar-refractivity contribution >= 4 is 6.21 Å². The van der Waals surface area contributed by atoms with E-state index in [4.69, 9.17) is 10.1 Å². The summed E-state index contributed by atoms with van der Waals surface area (Å²) in [6.07, 6.45) is 1.43. The van der Waals surface area contributed by atoms with Gasteiger partial charge in [0.1, 0.15) is 18.2 Å². The molecule has 0 aliphatic rings. The van der Waals surface area contributed by atoms with Gasteiger partial charge in [0, 0.05) is 5.56 Å². The molecule has 20 heavy (non-hydrogen) atoms. The van der Waals surface area contributed by atoms with E-state index in [1.807, 2.05) is 6.07 Å². The largest absolute Gasteiger partial charge is 0.391 e. The number of halogens is 2. The summed E-state index contributed by atoms with van der Waals surface area (Å²) in [6, 6.07) is 11.8. The summed E-state index contributed by atoms with van der Waals surface area (Å²) in [5.74, 6) is -1.07. The fraction of sp³-hybridized carbons (Fsp3) is 0.0667. The molecule has 0 N–H and O–H groups in total. The van der Waals surface area contributed by atoms with Crippen molar-refractivity contribution in [2.75, 3.05) is 0 Å². The molecule has 2 aromatic carbocycles. The third-order valence-corrected chi connectivity index (χ3v) is 2.54. The molecule has 0 bridgehead atoms. The van der Waals surface area contributed by atoms with Crippen molar-refractivity contribution in [3.8, 4) is 6.07 Å². The van der Waals surface area contributed by atoms with E-state index >= 15 is 0 Å². The summed E-state index contributed by atoms with van der Waals surface area (Å²) in [5, 5.41) is 12.3. The standard InChI is InChI=1S/C15H10F2N2O/c16-14-5-6-15(17)13(7-14)10-20-19-9-12-3-1-11(8-18)2-4-12/h1-7,9H,10H2. The molecule has 0 fully saturated rings. The van der Waals surface area contributed by atoms with Gasteiger partial charge in [-0.05, 0) is 35.9 Å². The molecular weight excluding hydrogens is 262 g/mol. The normalized spacial score (nSPS) is 10.4. The zero-order valence-electron chi connectivity index (χ0n) is 10.4. The van der Waals surface area contributed by atoms with Crippen molar-refractivity contribution in [3.05, 3.63) is 70.8 Å². The molecule has 3 nitrogen and oxygen atoms in total. The number of benzene rings is 2. The number of oxime groups is 1. The van der Waals surface area contributed by atoms with Gasteiger partial charge in [-0.15, -0.1) is 0 Å². The van der Waals surface area contributed by atoms with Crippen LogP contribution in [0.3, 0.4) is 0 Å². The van der Waals surface area contributed by atoms with Crippen molar-refractivity contribution in [1.29, 1.82) is 5.26 Å². The van der Waals surface area contributed by atoms with Crippen molar-refractivity contribution in [1.82, 2.24) is 0 Å². The Balaban J connectivity index is 1.93. The van der Waals surface area contributed by atoms with E-state index < -0.39 is 11.6 Å². The molecule has 0 unspecified atom stereocenters. The van der Waals surface area contributed by atoms with Gasteiger partial charge in [-0.3, -0.25) is 0 Å². The maximum atomic E-state index is 13.3. The molecule has 0 atom stereocenters. The maximum Gasteiger partial charge on any atom is 0.145 e. The Kier molecular flexibility index (Phi) is 4.40. The van der Waals surface area contributed by atoms with Crippen LogP contribution in [0, 0.1) is 23.0 Å². The number of rotatable bonds is 4. The Bertz CT molecular complexity index is 661. The minimum absolute atomic E-state index is 0.0991. The minimum atomic E-state index is -0.542. The highest BCUT2D eigenvalue weighted by molar-refractivity contribution is 5.79. The van der Waals surface area contributed by atoms with Gasteiger partial charge in [0.2, 0.25) is 0 Å². The first-order valence-electron chi connectivity index (χ1n) is 5.78. The monoisotopic (exact) mass is 272 g/mol. The van der Waals surface area contributed by atoms with Crippen LogP contribution in [0.2, 0.25) is 0 Å². The van der Waals surface area contributed by atoms with E-state index in [0.717, 1.165) is 23.8 Å². The fourth-order valence-electron chi connectivity index (χ4n) is 1.50. The predicted molar refractivity (Wildman–Crippen MR) is 69.9 cm³/mol. The Morgan fingerprint density at radius 2 is 1.90 bits per heavy atom. The number of nitrogens with zero attached hydrogens (tertiary/aromatic N) is 2. The SMILES string of the molecule is N#Cc1ccc(C=NOCc2cc(F)ccc2F)cc1. The van der Waals surface area contributed by atoms with Crippen LogP contribution in [-0.2, 0) is 11.4 Å². The molecule has 0 spiro atoms. The summed E-state index contributed by atoms with van der Waals surface area (Å²) in [4.78, 5) is 4.91. The lowest BCUT2D eigenvalue weighted by Gasteiger charge is -2.01. The van der Waals surface area contributed by atoms with E-state index in [9.17, 15) is 8.78 Å². The average molecular weight is 272 g/mol. The van der Waals surface area contributed by atoms with Crippen LogP contribution in [0.25, 0.3) is 0 Å². The minimum Gasteiger partial charge on any atom is -0.391 e. The lowest BCUT2D eigenvalue weighted by atomic mass is 10.2. The lowest BCUT2D eigenvalue weighted by Crippen LogP contribution is -1.94. The zero-order chi connectivity index (χ0) is 14.4. The van der Waals surface area contributed by atoms with Gasteiger partial charge in [0.05, 0.1) is 17.8 Å². The molecule has 0 radical (unpaired) electrons. The molecule has 0 aliphatic carbocycles. The van der Waals surface area contributed by atoms with Gasteiger partial charge < -0.3 is 4.84 Å². The molecule has 0 aromatic heterocycles. The Labute approximate surface area is 114 Å². The van der Waals surface area contributed by atoms with Crippen LogP contribution in [0.4, 0.5) is 8.78 Å². The van der Waals surface area contributed by atoms with E-state index in [-0.39, 0.29) is 12.2 Å². The van der Waals surface area contributed by atoms with Gasteiger partial charge in [0.15, 0.2) is 0 Å². The highest BCUT2D eigenvalue weighted by Gasteiger charge is 2.03. The molecule has 0 saturated carbocycles. The molecule has 2 rings (SSSR count). The topological polar surface area (TPSA) is 45.4 Å². The quantitative estimate of drug-likeness (QED) is 0.632. The second-order valence-corrected chi connectivity index (χ2v) is 3.98. The highest BCUT2D eigenvalue weighted by Crippen LogP contribution is 2.11. The molecule has 0 aliphatic heterocycles. The summed E-state index contributed by atoms with van der Waals surface area (Å²) < 4.78 is 26.2. The third-order valence-electron chi connectivity index (χ3n) is 2.54. The molecule has 0 amide bonds. The Morgan fingerprint density at radius 1 is 1.15 bits per heavy atom. The number of nitriles is 1. The summed E-state index contributed by atoms with van der Waals surface area (Å²) >= 11 is 0. The first-order chi connectivity index (χ1) is 9.69. The van der Waals surface area contributed by atoms with E-state index in [1.54, 1.807) is 24.3 Å². The zero-order valence-corrected chi connectivity index (χ0v) is 10.4. The van der Waals surface area contributed by atoms with Crippen molar-refractivity contribution in [3.63, 3.8) is 0 Å². The van der Waals surface area contributed by atoms with Gasteiger partial charge >= 0.3 is 0 Å². The van der Waals surface area contributed by atoms with Crippen molar-refractivity contribution in [2.24, 2.45) is 5.16 Å². The second kappa shape index (κ2) is 6.43. The lowest BCUT2D eigenvalue weighted by molar-refractivity contribution is 0.129. The molecule has 0 saturated heterocycles. The number of hydrogen-bond acceptors (Lipinski definition) is 3. The molecular formula is C15H10F2N2O. The molecule has 5 heteroatoms. The van der Waals surface area contributed by atoms with E-state index in [1.165, 1.54) is 6.21 Å². The van der Waals surface area contributed by atoms with Gasteiger partial charge in [-0.25, -0.2) is 8.78 Å². The van der Waals surface area contributed by atoms with E-state index in [2.05, 4.69) is 5.16 Å². The summed E-state index contributed by atoms with van der Waals surface area (Å²) in [7, 11) is 0.